The van der Waals surface area contributed by atoms with Gasteiger partial charge in [0.25, 0.3) is 0 Å². The Kier molecular flexibility index (Phi) is 16.4. The quantitative estimate of drug-likeness (QED) is 0.0671. The largest absolute Gasteiger partial charge is 0.203 e. The summed E-state index contributed by atoms with van der Waals surface area (Å²) in [4.78, 5) is 0. The first-order chi connectivity index (χ1) is 30.9. The van der Waals surface area contributed by atoms with Crippen molar-refractivity contribution in [3.8, 4) is 22.3 Å². The lowest BCUT2D eigenvalue weighted by Crippen LogP contribution is -2.15. The first-order valence-electron chi connectivity index (χ1n) is 24.9. The molecule has 8 rings (SSSR count). The molecule has 8 heteroatoms. The Balaban J connectivity index is 0.000000192. The maximum Gasteiger partial charge on any atom is 0.167 e. The van der Waals surface area contributed by atoms with E-state index in [2.05, 4.69) is 13.8 Å². The Morgan fingerprint density at radius 3 is 1.09 bits per heavy atom. The zero-order valence-electron chi connectivity index (χ0n) is 38.6. The highest BCUT2D eigenvalue weighted by Crippen LogP contribution is 2.48. The summed E-state index contributed by atoms with van der Waals surface area (Å²) in [6.07, 6.45) is 23.0. The minimum absolute atomic E-state index is 0.00294. The van der Waals surface area contributed by atoms with Crippen LogP contribution in [0.3, 0.4) is 0 Å². The zero-order valence-corrected chi connectivity index (χ0v) is 38.6. The van der Waals surface area contributed by atoms with E-state index in [1.54, 1.807) is 24.3 Å². The van der Waals surface area contributed by atoms with Gasteiger partial charge in [0.2, 0.25) is 0 Å². The lowest BCUT2D eigenvalue weighted by molar-refractivity contribution is 0.248. The lowest BCUT2D eigenvalue weighted by Gasteiger charge is -2.29. The summed E-state index contributed by atoms with van der Waals surface area (Å²) >= 11 is 0. The van der Waals surface area contributed by atoms with E-state index in [0.717, 1.165) is 38.0 Å². The van der Waals surface area contributed by atoms with E-state index in [1.165, 1.54) is 77.0 Å². The van der Waals surface area contributed by atoms with Crippen LogP contribution in [0.25, 0.3) is 22.3 Å². The molecule has 4 aromatic rings. The van der Waals surface area contributed by atoms with Crippen LogP contribution in [0.5, 0.6) is 0 Å². The fourth-order valence-corrected chi connectivity index (χ4v) is 11.6. The van der Waals surface area contributed by atoms with Crippen molar-refractivity contribution in [1.82, 2.24) is 0 Å². The van der Waals surface area contributed by atoms with Crippen LogP contribution in [0.15, 0.2) is 24.3 Å². The van der Waals surface area contributed by atoms with Gasteiger partial charge in [0.15, 0.2) is 46.5 Å². The van der Waals surface area contributed by atoms with Crippen molar-refractivity contribution >= 4 is 0 Å². The maximum atomic E-state index is 15.2. The van der Waals surface area contributed by atoms with Crippen LogP contribution in [0, 0.1) is 64.3 Å². The van der Waals surface area contributed by atoms with Gasteiger partial charge in [-0.25, -0.2) is 35.1 Å². The SMILES string of the molecule is CCCCCC1CCC(CCc2cc3c(c(F)c2F)-c2c(cc(CCC)c(F)c2F)C3)CC1.CCCCCC1CCC(c2cc3c(c(F)c2F)-c2c(cc(CCC)c(F)c2F)C3)CC1. The summed E-state index contributed by atoms with van der Waals surface area (Å²) in [5.74, 6) is -5.69. The molecule has 0 saturated heterocycles. The molecular weight excluding hydrogens is 825 g/mol. The number of unbranched alkanes of at least 4 members (excludes halogenated alkanes) is 4. The molecule has 0 amide bonds. The maximum absolute atomic E-state index is 15.2. The van der Waals surface area contributed by atoms with Gasteiger partial charge in [-0.15, -0.1) is 0 Å². The third-order valence-corrected chi connectivity index (χ3v) is 15.2. The first-order valence-corrected chi connectivity index (χ1v) is 24.9. The highest BCUT2D eigenvalue weighted by atomic mass is 19.2. The molecule has 0 atom stereocenters. The van der Waals surface area contributed by atoms with Crippen LogP contribution in [-0.4, -0.2) is 0 Å². The first kappa shape index (κ1) is 48.3. The summed E-state index contributed by atoms with van der Waals surface area (Å²) in [7, 11) is 0. The molecule has 0 unspecified atom stereocenters. The monoisotopic (exact) mass is 893 g/mol. The van der Waals surface area contributed by atoms with Crippen molar-refractivity contribution in [1.29, 1.82) is 0 Å². The molecule has 0 N–H and O–H groups in total. The predicted molar refractivity (Wildman–Crippen MR) is 244 cm³/mol. The van der Waals surface area contributed by atoms with Crippen LogP contribution >= 0.6 is 0 Å². The Morgan fingerprint density at radius 1 is 0.359 bits per heavy atom. The fraction of sp³-hybridized carbons (Fsp3) is 0.571. The summed E-state index contributed by atoms with van der Waals surface area (Å²) in [6, 6.07) is 6.69. The van der Waals surface area contributed by atoms with E-state index in [0.29, 0.717) is 101 Å². The highest BCUT2D eigenvalue weighted by Gasteiger charge is 2.35. The van der Waals surface area contributed by atoms with Gasteiger partial charge in [0, 0.05) is 22.3 Å². The molecule has 348 valence electrons. The van der Waals surface area contributed by atoms with E-state index in [-0.39, 0.29) is 28.2 Å². The average Bonchev–Trinajstić information content (AvgIpc) is 3.86. The van der Waals surface area contributed by atoms with Gasteiger partial charge >= 0.3 is 0 Å². The number of halogens is 8. The molecule has 0 spiro atoms. The van der Waals surface area contributed by atoms with Gasteiger partial charge in [-0.3, -0.25) is 0 Å². The number of rotatable bonds is 16. The summed E-state index contributed by atoms with van der Waals surface area (Å²) < 4.78 is 119. The summed E-state index contributed by atoms with van der Waals surface area (Å²) in [6.45, 7) is 8.24. The topological polar surface area (TPSA) is 0 Å². The van der Waals surface area contributed by atoms with Crippen molar-refractivity contribution in [3.63, 3.8) is 0 Å². The third-order valence-electron chi connectivity index (χ3n) is 15.2. The van der Waals surface area contributed by atoms with Crippen LogP contribution in [-0.2, 0) is 32.1 Å². The molecule has 0 aromatic heterocycles. The second-order valence-corrected chi connectivity index (χ2v) is 19.7. The average molecular weight is 893 g/mol. The predicted octanol–water partition coefficient (Wildman–Crippen LogP) is 17.7. The molecule has 0 radical (unpaired) electrons. The molecule has 2 fully saturated rings. The van der Waals surface area contributed by atoms with Crippen molar-refractivity contribution in [2.24, 2.45) is 17.8 Å². The van der Waals surface area contributed by atoms with E-state index in [9.17, 15) is 22.0 Å². The molecule has 0 bridgehead atoms. The van der Waals surface area contributed by atoms with Gasteiger partial charge in [0.05, 0.1) is 0 Å². The Labute approximate surface area is 377 Å². The summed E-state index contributed by atoms with van der Waals surface area (Å²) in [5, 5.41) is 0. The van der Waals surface area contributed by atoms with Gasteiger partial charge in [-0.2, -0.15) is 0 Å². The zero-order chi connectivity index (χ0) is 45.7. The number of fused-ring (bicyclic) bond motifs is 6. The van der Waals surface area contributed by atoms with Crippen LogP contribution in [0.1, 0.15) is 200 Å². The number of benzene rings is 4. The van der Waals surface area contributed by atoms with Crippen molar-refractivity contribution in [3.05, 3.63) is 115 Å². The van der Waals surface area contributed by atoms with Crippen molar-refractivity contribution < 1.29 is 35.1 Å². The van der Waals surface area contributed by atoms with Crippen LogP contribution in [0.4, 0.5) is 35.1 Å². The molecule has 2 saturated carbocycles. The van der Waals surface area contributed by atoms with Gasteiger partial charge in [-0.1, -0.05) is 142 Å². The number of hydrogen-bond acceptors (Lipinski definition) is 0. The fourth-order valence-electron chi connectivity index (χ4n) is 11.6. The van der Waals surface area contributed by atoms with E-state index in [4.69, 9.17) is 0 Å². The molecule has 4 aliphatic carbocycles. The van der Waals surface area contributed by atoms with Crippen LogP contribution in [0.2, 0.25) is 0 Å². The second-order valence-electron chi connectivity index (χ2n) is 19.7. The number of hydrogen-bond donors (Lipinski definition) is 0. The molecule has 64 heavy (non-hydrogen) atoms. The van der Waals surface area contributed by atoms with E-state index < -0.39 is 46.5 Å². The normalized spacial score (nSPS) is 19.8. The molecule has 0 nitrogen and oxygen atoms in total. The number of aryl methyl sites for hydroxylation is 3. The minimum Gasteiger partial charge on any atom is -0.203 e. The lowest BCUT2D eigenvalue weighted by atomic mass is 9.76. The molecule has 4 aliphatic rings. The van der Waals surface area contributed by atoms with Crippen molar-refractivity contribution in [2.75, 3.05) is 0 Å². The van der Waals surface area contributed by atoms with Crippen LogP contribution < -0.4 is 0 Å². The smallest absolute Gasteiger partial charge is 0.167 e. The molecular formula is C56H68F8. The van der Waals surface area contributed by atoms with E-state index >= 15 is 13.2 Å². The van der Waals surface area contributed by atoms with E-state index in [1.807, 2.05) is 13.8 Å². The Hall–Kier alpha value is -3.68. The molecule has 0 aliphatic heterocycles. The Morgan fingerprint density at radius 2 is 0.703 bits per heavy atom. The third kappa shape index (κ3) is 10.2. The standard InChI is InChI=1S/C29H36F4.C27H32F4/c1-3-5-6-8-18-9-11-19(12-10-18)13-14-21-16-23-17-22-15-20(7-4-2)26(30)28(32)24(22)25(23)29(33)27(21)31;1-3-5-6-8-16-9-11-17(12-10-16)21-15-20-14-19-13-18(7-4-2)24(28)26(30)22(19)23(20)27(31)25(21)29/h15-16,18-19H,3-14,17H2,1-2H3;13,15-17H,3-12,14H2,1-2H3. The summed E-state index contributed by atoms with van der Waals surface area (Å²) in [5.41, 5.74) is 3.36. The van der Waals surface area contributed by atoms with Gasteiger partial charge in [0.1, 0.15) is 0 Å². The second kappa shape index (κ2) is 21.7. The Bertz CT molecular complexity index is 2260. The van der Waals surface area contributed by atoms with Crippen molar-refractivity contribution in [2.45, 2.75) is 188 Å². The minimum atomic E-state index is -1.04. The highest BCUT2D eigenvalue weighted by molar-refractivity contribution is 5.80. The van der Waals surface area contributed by atoms with Gasteiger partial charge < -0.3 is 0 Å². The van der Waals surface area contributed by atoms with Gasteiger partial charge in [-0.05, 0) is 132 Å². The molecule has 4 aromatic carbocycles. The molecule has 0 heterocycles.